The summed E-state index contributed by atoms with van der Waals surface area (Å²) in [6.45, 7) is 2.31. The lowest BCUT2D eigenvalue weighted by molar-refractivity contribution is -0.131. The number of hydrogen-bond donors (Lipinski definition) is 1. The molecule has 1 aliphatic heterocycles. The molecule has 1 saturated heterocycles. The molecule has 1 amide bonds. The van der Waals surface area contributed by atoms with E-state index in [0.29, 0.717) is 24.3 Å². The molecule has 0 radical (unpaired) electrons. The second-order valence-corrected chi connectivity index (χ2v) is 4.63. The lowest BCUT2D eigenvalue weighted by Gasteiger charge is -2.26. The lowest BCUT2D eigenvalue weighted by Crippen LogP contribution is -2.36. The third-order valence-corrected chi connectivity index (χ3v) is 3.28. The summed E-state index contributed by atoms with van der Waals surface area (Å²) in [5.74, 6) is 0.189. The molecule has 0 atom stereocenters. The van der Waals surface area contributed by atoms with E-state index in [0.717, 1.165) is 25.9 Å². The van der Waals surface area contributed by atoms with Gasteiger partial charge in [0.1, 0.15) is 6.07 Å². The molecular weight excluding hydrogens is 240 g/mol. The molecule has 1 aromatic heterocycles. The molecule has 100 valence electrons. The molecule has 1 aromatic rings. The molecule has 19 heavy (non-hydrogen) atoms. The first kappa shape index (κ1) is 13.3. The van der Waals surface area contributed by atoms with Crippen molar-refractivity contribution in [3.63, 3.8) is 0 Å². The highest BCUT2D eigenvalue weighted by atomic mass is 16.2. The molecule has 0 bridgehead atoms. The lowest BCUT2D eigenvalue weighted by atomic mass is 10.1. The van der Waals surface area contributed by atoms with Crippen LogP contribution in [0.3, 0.4) is 0 Å². The van der Waals surface area contributed by atoms with Crippen molar-refractivity contribution in [1.82, 2.24) is 9.88 Å². The van der Waals surface area contributed by atoms with Gasteiger partial charge in [-0.2, -0.15) is 5.26 Å². The number of carbonyl (C=O) groups excluding carboxylic acids is 1. The van der Waals surface area contributed by atoms with Gasteiger partial charge in [-0.05, 0) is 31.4 Å². The standard InChI is InChI=1S/C14H18N4O/c15-11-13-12(5-4-7-16-13)17-8-6-14(19)18-9-2-1-3-10-18/h4-5,7,17H,1-3,6,8-10H2. The summed E-state index contributed by atoms with van der Waals surface area (Å²) < 4.78 is 0. The van der Waals surface area contributed by atoms with Gasteiger partial charge in [-0.3, -0.25) is 4.79 Å². The number of rotatable bonds is 4. The Bertz CT molecular complexity index is 475. The molecule has 0 spiro atoms. The van der Waals surface area contributed by atoms with E-state index in [4.69, 9.17) is 5.26 Å². The van der Waals surface area contributed by atoms with E-state index in [1.807, 2.05) is 11.0 Å². The van der Waals surface area contributed by atoms with Crippen LogP contribution in [0.4, 0.5) is 5.69 Å². The average molecular weight is 258 g/mol. The van der Waals surface area contributed by atoms with Gasteiger partial charge in [-0.25, -0.2) is 4.98 Å². The molecule has 5 nitrogen and oxygen atoms in total. The Morgan fingerprint density at radius 2 is 2.21 bits per heavy atom. The predicted molar refractivity (Wildman–Crippen MR) is 72.5 cm³/mol. The van der Waals surface area contributed by atoms with Crippen LogP contribution in [-0.2, 0) is 4.79 Å². The van der Waals surface area contributed by atoms with Gasteiger partial charge in [0.05, 0.1) is 5.69 Å². The Kier molecular flexibility index (Phi) is 4.73. The number of anilines is 1. The van der Waals surface area contributed by atoms with Gasteiger partial charge in [0, 0.05) is 32.3 Å². The van der Waals surface area contributed by atoms with E-state index in [9.17, 15) is 4.79 Å². The fourth-order valence-electron chi connectivity index (χ4n) is 2.24. The third kappa shape index (κ3) is 3.68. The number of nitriles is 1. The number of nitrogens with one attached hydrogen (secondary N) is 1. The quantitative estimate of drug-likeness (QED) is 0.893. The van der Waals surface area contributed by atoms with Crippen molar-refractivity contribution < 1.29 is 4.79 Å². The van der Waals surface area contributed by atoms with Crippen molar-refractivity contribution in [2.75, 3.05) is 25.0 Å². The largest absolute Gasteiger partial charge is 0.382 e. The summed E-state index contributed by atoms with van der Waals surface area (Å²) >= 11 is 0. The zero-order chi connectivity index (χ0) is 13.5. The van der Waals surface area contributed by atoms with E-state index >= 15 is 0 Å². The minimum atomic E-state index is 0.189. The maximum absolute atomic E-state index is 11.9. The summed E-state index contributed by atoms with van der Waals surface area (Å²) in [5.41, 5.74) is 1.06. The number of aromatic nitrogens is 1. The molecular formula is C14H18N4O. The van der Waals surface area contributed by atoms with Crippen LogP contribution in [0.1, 0.15) is 31.4 Å². The van der Waals surface area contributed by atoms with Crippen LogP contribution in [0, 0.1) is 11.3 Å². The second-order valence-electron chi connectivity index (χ2n) is 4.63. The van der Waals surface area contributed by atoms with Crippen molar-refractivity contribution in [3.05, 3.63) is 24.0 Å². The maximum atomic E-state index is 11.9. The van der Waals surface area contributed by atoms with E-state index < -0.39 is 0 Å². The fourth-order valence-corrected chi connectivity index (χ4v) is 2.24. The molecule has 0 aromatic carbocycles. The molecule has 2 heterocycles. The van der Waals surface area contributed by atoms with Crippen LogP contribution in [0.15, 0.2) is 18.3 Å². The Hall–Kier alpha value is -2.09. The fraction of sp³-hybridized carbons (Fsp3) is 0.500. The Balaban J connectivity index is 1.80. The van der Waals surface area contributed by atoms with Gasteiger partial charge < -0.3 is 10.2 Å². The van der Waals surface area contributed by atoms with Crippen molar-refractivity contribution in [3.8, 4) is 6.07 Å². The maximum Gasteiger partial charge on any atom is 0.224 e. The van der Waals surface area contributed by atoms with Crippen LogP contribution in [0.5, 0.6) is 0 Å². The van der Waals surface area contributed by atoms with Crippen LogP contribution in [0.25, 0.3) is 0 Å². The number of likely N-dealkylation sites (tertiary alicyclic amines) is 1. The molecule has 2 rings (SSSR count). The van der Waals surface area contributed by atoms with Crippen molar-refractivity contribution in [2.24, 2.45) is 0 Å². The Labute approximate surface area is 113 Å². The van der Waals surface area contributed by atoms with Crippen LogP contribution < -0.4 is 5.32 Å². The minimum absolute atomic E-state index is 0.189. The Morgan fingerprint density at radius 1 is 1.42 bits per heavy atom. The highest BCUT2D eigenvalue weighted by Crippen LogP contribution is 2.12. The SMILES string of the molecule is N#Cc1ncccc1NCCC(=O)N1CCCCC1. The van der Waals surface area contributed by atoms with Gasteiger partial charge in [-0.1, -0.05) is 0 Å². The van der Waals surface area contributed by atoms with E-state index in [1.54, 1.807) is 18.3 Å². The first-order valence-electron chi connectivity index (χ1n) is 6.68. The first-order chi connectivity index (χ1) is 9.31. The molecule has 5 heteroatoms. The predicted octanol–water partition coefficient (Wildman–Crippen LogP) is 1.77. The summed E-state index contributed by atoms with van der Waals surface area (Å²) in [5, 5.41) is 12.0. The molecule has 1 fully saturated rings. The van der Waals surface area contributed by atoms with Crippen LogP contribution >= 0.6 is 0 Å². The summed E-state index contributed by atoms with van der Waals surface area (Å²) in [6.07, 6.45) is 5.49. The van der Waals surface area contributed by atoms with Gasteiger partial charge in [0.15, 0.2) is 5.69 Å². The van der Waals surface area contributed by atoms with Crippen molar-refractivity contribution in [2.45, 2.75) is 25.7 Å². The van der Waals surface area contributed by atoms with E-state index in [-0.39, 0.29) is 5.91 Å². The normalized spacial score (nSPS) is 14.8. The topological polar surface area (TPSA) is 69.0 Å². The van der Waals surface area contributed by atoms with Gasteiger partial charge >= 0.3 is 0 Å². The van der Waals surface area contributed by atoms with Crippen molar-refractivity contribution in [1.29, 1.82) is 5.26 Å². The van der Waals surface area contributed by atoms with Crippen molar-refractivity contribution >= 4 is 11.6 Å². The summed E-state index contributed by atoms with van der Waals surface area (Å²) in [7, 11) is 0. The molecule has 1 aliphatic rings. The molecule has 0 unspecified atom stereocenters. The van der Waals surface area contributed by atoms with Gasteiger partial charge in [0.2, 0.25) is 5.91 Å². The number of piperidine rings is 1. The molecule has 0 aliphatic carbocycles. The highest BCUT2D eigenvalue weighted by molar-refractivity contribution is 5.76. The first-order valence-corrected chi connectivity index (χ1v) is 6.68. The number of carbonyl (C=O) groups is 1. The van der Waals surface area contributed by atoms with E-state index in [1.165, 1.54) is 6.42 Å². The third-order valence-electron chi connectivity index (χ3n) is 3.28. The minimum Gasteiger partial charge on any atom is -0.382 e. The number of nitrogens with zero attached hydrogens (tertiary/aromatic N) is 3. The zero-order valence-corrected chi connectivity index (χ0v) is 10.9. The number of hydrogen-bond acceptors (Lipinski definition) is 4. The zero-order valence-electron chi connectivity index (χ0n) is 10.9. The summed E-state index contributed by atoms with van der Waals surface area (Å²) in [6, 6.07) is 5.60. The van der Waals surface area contributed by atoms with Gasteiger partial charge in [-0.15, -0.1) is 0 Å². The van der Waals surface area contributed by atoms with Crippen LogP contribution in [0.2, 0.25) is 0 Å². The monoisotopic (exact) mass is 258 g/mol. The summed E-state index contributed by atoms with van der Waals surface area (Å²) in [4.78, 5) is 17.8. The number of amides is 1. The highest BCUT2D eigenvalue weighted by Gasteiger charge is 2.15. The van der Waals surface area contributed by atoms with Crippen LogP contribution in [-0.4, -0.2) is 35.4 Å². The van der Waals surface area contributed by atoms with E-state index in [2.05, 4.69) is 10.3 Å². The average Bonchev–Trinajstić information content (AvgIpc) is 2.48. The Morgan fingerprint density at radius 3 is 2.95 bits per heavy atom. The molecule has 0 saturated carbocycles. The van der Waals surface area contributed by atoms with Gasteiger partial charge in [0.25, 0.3) is 0 Å². The second kappa shape index (κ2) is 6.74. The molecule has 1 N–H and O–H groups in total. The number of pyridine rings is 1. The smallest absolute Gasteiger partial charge is 0.224 e.